The number of anilines is 1. The molecule has 3 amide bonds. The van der Waals surface area contributed by atoms with Crippen molar-refractivity contribution in [3.63, 3.8) is 0 Å². The summed E-state index contributed by atoms with van der Waals surface area (Å²) in [6.45, 7) is 9.39. The van der Waals surface area contributed by atoms with Gasteiger partial charge in [0.1, 0.15) is 5.82 Å². The van der Waals surface area contributed by atoms with E-state index >= 15 is 0 Å². The molecule has 0 atom stereocenters. The zero-order valence-corrected chi connectivity index (χ0v) is 19.0. The fraction of sp³-hybridized carbons (Fsp3) is 0.455. The molecule has 1 aliphatic rings. The highest BCUT2D eigenvalue weighted by Crippen LogP contribution is 2.34. The van der Waals surface area contributed by atoms with Crippen LogP contribution < -0.4 is 5.32 Å². The first-order valence-corrected chi connectivity index (χ1v) is 11.1. The van der Waals surface area contributed by atoms with Gasteiger partial charge in [-0.3, -0.25) is 19.7 Å². The lowest BCUT2D eigenvalue weighted by Crippen LogP contribution is -2.53. The highest BCUT2D eigenvalue weighted by molar-refractivity contribution is 7.16. The van der Waals surface area contributed by atoms with Gasteiger partial charge in [-0.1, -0.05) is 27.7 Å². The molecule has 3 rings (SSSR count). The summed E-state index contributed by atoms with van der Waals surface area (Å²) in [7, 11) is 0. The Kier molecular flexibility index (Phi) is 6.74. The quantitative estimate of drug-likeness (QED) is 0.735. The maximum atomic E-state index is 13.1. The molecule has 7 nitrogen and oxygen atoms in total. The van der Waals surface area contributed by atoms with Gasteiger partial charge in [0, 0.05) is 36.6 Å². The molecule has 166 valence electrons. The van der Waals surface area contributed by atoms with Crippen LogP contribution in [0, 0.1) is 5.82 Å². The highest BCUT2D eigenvalue weighted by Gasteiger charge is 2.29. The fourth-order valence-corrected chi connectivity index (χ4v) is 4.52. The van der Waals surface area contributed by atoms with Crippen molar-refractivity contribution in [1.29, 1.82) is 0 Å². The van der Waals surface area contributed by atoms with E-state index in [0.717, 1.165) is 17.0 Å². The minimum absolute atomic E-state index is 0.0939. The first kappa shape index (κ1) is 22.9. The van der Waals surface area contributed by atoms with E-state index in [4.69, 9.17) is 0 Å². The van der Waals surface area contributed by atoms with Crippen LogP contribution >= 0.6 is 11.3 Å². The van der Waals surface area contributed by atoms with Crippen LogP contribution in [0.15, 0.2) is 24.3 Å². The van der Waals surface area contributed by atoms with Gasteiger partial charge in [-0.2, -0.15) is 0 Å². The number of nitrogens with one attached hydrogen (secondary N) is 1. The smallest absolute Gasteiger partial charge is 0.315 e. The lowest BCUT2D eigenvalue weighted by molar-refractivity contribution is -0.144. The molecule has 1 saturated heterocycles. The summed E-state index contributed by atoms with van der Waals surface area (Å²) in [5.41, 5.74) is 1.22. The number of aryl methyl sites for hydroxylation is 1. The van der Waals surface area contributed by atoms with Crippen molar-refractivity contribution in [2.45, 2.75) is 39.5 Å². The van der Waals surface area contributed by atoms with E-state index in [1.807, 2.05) is 6.92 Å². The molecule has 0 aliphatic carbocycles. The summed E-state index contributed by atoms with van der Waals surface area (Å²) in [6, 6.07) is 5.36. The lowest BCUT2D eigenvalue weighted by Gasteiger charge is -2.34. The number of amides is 3. The van der Waals surface area contributed by atoms with Crippen LogP contribution in [0.4, 0.5) is 9.52 Å². The van der Waals surface area contributed by atoms with E-state index in [-0.39, 0.29) is 24.4 Å². The second-order valence-electron chi connectivity index (χ2n) is 8.44. The largest absolute Gasteiger partial charge is 0.335 e. The average molecular weight is 447 g/mol. The predicted octanol–water partition coefficient (Wildman–Crippen LogP) is 3.07. The van der Waals surface area contributed by atoms with Gasteiger partial charge in [0.05, 0.1) is 5.69 Å². The zero-order chi connectivity index (χ0) is 22.8. The summed E-state index contributed by atoms with van der Waals surface area (Å²) < 4.78 is 13.1. The Morgan fingerprint density at radius 1 is 1.06 bits per heavy atom. The molecule has 31 heavy (non-hydrogen) atoms. The van der Waals surface area contributed by atoms with Gasteiger partial charge in [-0.15, -0.1) is 11.3 Å². The predicted molar refractivity (Wildman–Crippen MR) is 118 cm³/mol. The maximum absolute atomic E-state index is 13.1. The van der Waals surface area contributed by atoms with Crippen molar-refractivity contribution in [3.8, 4) is 0 Å². The normalized spacial score (nSPS) is 14.5. The molecule has 1 aromatic heterocycles. The topological polar surface area (TPSA) is 82.6 Å². The van der Waals surface area contributed by atoms with Gasteiger partial charge >= 0.3 is 11.8 Å². The number of rotatable bonds is 3. The van der Waals surface area contributed by atoms with Crippen LogP contribution in [-0.2, 0) is 21.4 Å². The number of carbonyl (C=O) groups is 3. The minimum Gasteiger partial charge on any atom is -0.335 e. The van der Waals surface area contributed by atoms with E-state index in [1.165, 1.54) is 40.5 Å². The number of benzene rings is 1. The number of carbonyl (C=O) groups excluding carboxylic acids is 3. The number of piperazine rings is 1. The molecule has 0 unspecified atom stereocenters. The standard InChI is InChI=1S/C22H27FN4O3S/c1-5-16-17(22(2,3)4)31-21(24-16)25-18(28)20(30)27-12-10-26(11-13-27)19(29)14-6-8-15(23)9-7-14/h6-9H,5,10-13H2,1-4H3,(H,24,25,28). The Bertz CT molecular complexity index is 974. The second kappa shape index (κ2) is 9.13. The third kappa shape index (κ3) is 5.28. The first-order chi connectivity index (χ1) is 14.6. The summed E-state index contributed by atoms with van der Waals surface area (Å²) in [6.07, 6.45) is 0.747. The van der Waals surface area contributed by atoms with Crippen LogP contribution in [0.25, 0.3) is 0 Å². The van der Waals surface area contributed by atoms with Crippen LogP contribution in [0.5, 0.6) is 0 Å². The van der Waals surface area contributed by atoms with E-state index in [0.29, 0.717) is 23.8 Å². The third-order valence-electron chi connectivity index (χ3n) is 5.07. The van der Waals surface area contributed by atoms with Gasteiger partial charge in [0.2, 0.25) is 0 Å². The van der Waals surface area contributed by atoms with Gasteiger partial charge in [-0.25, -0.2) is 9.37 Å². The highest BCUT2D eigenvalue weighted by atomic mass is 32.1. The molecule has 1 N–H and O–H groups in total. The minimum atomic E-state index is -0.727. The monoisotopic (exact) mass is 446 g/mol. The van der Waals surface area contributed by atoms with Crippen molar-refractivity contribution in [1.82, 2.24) is 14.8 Å². The summed E-state index contributed by atoms with van der Waals surface area (Å²) in [5.74, 6) is -1.99. The van der Waals surface area contributed by atoms with Gasteiger partial charge in [0.25, 0.3) is 5.91 Å². The Morgan fingerprint density at radius 3 is 2.16 bits per heavy atom. The number of nitrogens with zero attached hydrogens (tertiary/aromatic N) is 3. The fourth-order valence-electron chi connectivity index (χ4n) is 3.41. The van der Waals surface area contributed by atoms with Crippen molar-refractivity contribution < 1.29 is 18.8 Å². The van der Waals surface area contributed by atoms with Crippen molar-refractivity contribution in [2.24, 2.45) is 0 Å². The first-order valence-electron chi connectivity index (χ1n) is 10.3. The molecule has 9 heteroatoms. The zero-order valence-electron chi connectivity index (χ0n) is 18.2. The molecule has 1 aliphatic heterocycles. The number of hydrogen-bond acceptors (Lipinski definition) is 5. The van der Waals surface area contributed by atoms with Gasteiger partial charge in [0.15, 0.2) is 5.13 Å². The van der Waals surface area contributed by atoms with E-state index in [9.17, 15) is 18.8 Å². The van der Waals surface area contributed by atoms with Crippen LogP contribution in [0.1, 0.15) is 48.6 Å². The lowest BCUT2D eigenvalue weighted by atomic mass is 9.93. The number of halogens is 1. The van der Waals surface area contributed by atoms with Crippen LogP contribution in [0.2, 0.25) is 0 Å². The molecule has 2 aromatic rings. The number of aromatic nitrogens is 1. The van der Waals surface area contributed by atoms with E-state index < -0.39 is 17.6 Å². The third-order valence-corrected chi connectivity index (χ3v) is 6.51. The second-order valence-corrected chi connectivity index (χ2v) is 9.44. The van der Waals surface area contributed by atoms with Gasteiger partial charge in [-0.05, 0) is 36.1 Å². The van der Waals surface area contributed by atoms with Crippen molar-refractivity contribution in [3.05, 3.63) is 46.2 Å². The Balaban J connectivity index is 1.58. The Labute approximate surface area is 185 Å². The molecule has 0 radical (unpaired) electrons. The molecule has 0 saturated carbocycles. The molecule has 1 fully saturated rings. The van der Waals surface area contributed by atoms with E-state index in [1.54, 1.807) is 4.90 Å². The summed E-state index contributed by atoms with van der Waals surface area (Å²) in [5, 5.41) is 3.05. The molecular weight excluding hydrogens is 419 g/mol. The van der Waals surface area contributed by atoms with Crippen LogP contribution in [0.3, 0.4) is 0 Å². The number of thiazole rings is 1. The molecular formula is C22H27FN4O3S. The molecule has 0 bridgehead atoms. The Morgan fingerprint density at radius 2 is 1.65 bits per heavy atom. The average Bonchev–Trinajstić information content (AvgIpc) is 3.17. The molecule has 2 heterocycles. The molecule has 1 aromatic carbocycles. The summed E-state index contributed by atoms with van der Waals surface area (Å²) >= 11 is 1.39. The van der Waals surface area contributed by atoms with Crippen molar-refractivity contribution in [2.75, 3.05) is 31.5 Å². The summed E-state index contributed by atoms with van der Waals surface area (Å²) in [4.78, 5) is 46.2. The molecule has 0 spiro atoms. The SMILES string of the molecule is CCc1nc(NC(=O)C(=O)N2CCN(C(=O)c3ccc(F)cc3)CC2)sc1C(C)(C)C. The Hall–Kier alpha value is -2.81. The number of hydrogen-bond donors (Lipinski definition) is 1. The van der Waals surface area contributed by atoms with E-state index in [2.05, 4.69) is 31.1 Å². The van der Waals surface area contributed by atoms with Gasteiger partial charge < -0.3 is 9.80 Å². The van der Waals surface area contributed by atoms with Crippen molar-refractivity contribution >= 4 is 34.2 Å². The maximum Gasteiger partial charge on any atom is 0.315 e. The van der Waals surface area contributed by atoms with Crippen LogP contribution in [-0.4, -0.2) is 58.7 Å².